The number of rotatable bonds is 5. The van der Waals surface area contributed by atoms with E-state index in [1.807, 2.05) is 12.1 Å². The van der Waals surface area contributed by atoms with E-state index in [9.17, 15) is 18.7 Å². The van der Waals surface area contributed by atoms with E-state index in [1.54, 1.807) is 4.90 Å². The van der Waals surface area contributed by atoms with E-state index in [-0.39, 0.29) is 17.2 Å². The van der Waals surface area contributed by atoms with Crippen molar-refractivity contribution in [3.05, 3.63) is 65.2 Å². The van der Waals surface area contributed by atoms with E-state index in [0.717, 1.165) is 49.9 Å². The molecule has 3 heterocycles. The van der Waals surface area contributed by atoms with E-state index in [2.05, 4.69) is 17.9 Å². The van der Waals surface area contributed by atoms with Crippen molar-refractivity contribution in [2.24, 2.45) is 11.8 Å². The number of aliphatic hydroxyl groups is 1. The van der Waals surface area contributed by atoms with Crippen molar-refractivity contribution in [2.75, 3.05) is 45.1 Å². The number of piperidine rings is 2. The molecular weight excluding hydrogens is 476 g/mol. The van der Waals surface area contributed by atoms with Crippen molar-refractivity contribution in [2.45, 2.75) is 37.7 Å². The molecule has 0 aromatic heterocycles. The van der Waals surface area contributed by atoms with Crippen LogP contribution in [0.5, 0.6) is 5.75 Å². The molecule has 0 saturated carbocycles. The minimum Gasteiger partial charge on any atom is -0.492 e. The maximum Gasteiger partial charge on any atom is 0.246 e. The molecule has 2 fully saturated rings. The number of anilines is 1. The van der Waals surface area contributed by atoms with Crippen molar-refractivity contribution < 1.29 is 23.4 Å². The number of benzene rings is 2. The van der Waals surface area contributed by atoms with E-state index < -0.39 is 17.7 Å². The van der Waals surface area contributed by atoms with Crippen molar-refractivity contribution in [3.63, 3.8) is 0 Å². The highest BCUT2D eigenvalue weighted by Crippen LogP contribution is 2.48. The van der Waals surface area contributed by atoms with E-state index >= 15 is 0 Å². The van der Waals surface area contributed by atoms with Crippen LogP contribution in [-0.2, 0) is 10.2 Å². The molecule has 3 atom stereocenters. The molecule has 8 heteroatoms. The molecule has 3 aliphatic heterocycles. The van der Waals surface area contributed by atoms with Crippen LogP contribution in [0.15, 0.2) is 42.5 Å². The van der Waals surface area contributed by atoms with Crippen molar-refractivity contribution in [1.82, 2.24) is 9.80 Å². The number of hydrogen-bond donors (Lipinski definition) is 2. The van der Waals surface area contributed by atoms with Gasteiger partial charge in [0, 0.05) is 61.1 Å². The Hall–Kier alpha value is -2.97. The first-order valence-electron chi connectivity index (χ1n) is 13.1. The van der Waals surface area contributed by atoms with Crippen LogP contribution < -0.4 is 10.5 Å². The summed E-state index contributed by atoms with van der Waals surface area (Å²) in [5.41, 5.74) is 8.22. The molecule has 198 valence electrons. The topological polar surface area (TPSA) is 79.0 Å². The molecule has 1 amide bonds. The van der Waals surface area contributed by atoms with Gasteiger partial charge in [-0.3, -0.25) is 4.79 Å². The Morgan fingerprint density at radius 3 is 2.62 bits per heavy atom. The first kappa shape index (κ1) is 25.7. The predicted molar refractivity (Wildman–Crippen MR) is 139 cm³/mol. The molecule has 0 bridgehead atoms. The van der Waals surface area contributed by atoms with Crippen LogP contribution in [-0.4, -0.2) is 66.2 Å². The third-order valence-electron chi connectivity index (χ3n) is 8.52. The highest BCUT2D eigenvalue weighted by molar-refractivity contribution is 5.91. The standard InChI is InChI=1S/C29H35F2N3O3/c1-19-16-33(11-8-29(19)18-37-27-15-24(32)3-4-25(27)29)17-26(35)21-6-9-34(10-7-21)28(36)5-2-20-12-22(30)14-23(31)13-20/h2-5,12-15,19,21,26,35H,6-11,16-18,32H2,1H3/b5-2+/t19?,26-,29?/m1/s1. The molecule has 0 aliphatic carbocycles. The van der Waals surface area contributed by atoms with Gasteiger partial charge in [-0.05, 0) is 67.5 Å². The summed E-state index contributed by atoms with van der Waals surface area (Å²) in [6.07, 6.45) is 4.77. The molecule has 5 rings (SSSR count). The number of aliphatic hydroxyl groups excluding tert-OH is 1. The van der Waals surface area contributed by atoms with Gasteiger partial charge >= 0.3 is 0 Å². The number of nitrogens with two attached hydrogens (primary N) is 1. The quantitative estimate of drug-likeness (QED) is 0.471. The molecule has 2 saturated heterocycles. The Labute approximate surface area is 216 Å². The monoisotopic (exact) mass is 511 g/mol. The fourth-order valence-electron chi connectivity index (χ4n) is 6.25. The van der Waals surface area contributed by atoms with Crippen molar-refractivity contribution in [3.8, 4) is 5.75 Å². The Morgan fingerprint density at radius 1 is 1.19 bits per heavy atom. The maximum atomic E-state index is 13.4. The SMILES string of the molecule is CC1CN(C[C@@H](O)C2CCN(C(=O)/C=C/c3cc(F)cc(F)c3)CC2)CCC12COc1cc(N)ccc12. The number of β-amino-alcohol motifs (C(OH)–C–C–N with tert-alkyl or cyclic N) is 1. The van der Waals surface area contributed by atoms with Gasteiger partial charge in [-0.1, -0.05) is 13.0 Å². The molecule has 3 aliphatic rings. The van der Waals surface area contributed by atoms with Crippen LogP contribution in [0.25, 0.3) is 6.08 Å². The Kier molecular flexibility index (Phi) is 7.23. The lowest BCUT2D eigenvalue weighted by atomic mass is 9.68. The van der Waals surface area contributed by atoms with Gasteiger partial charge in [0.1, 0.15) is 17.4 Å². The van der Waals surface area contributed by atoms with Gasteiger partial charge in [-0.2, -0.15) is 0 Å². The first-order chi connectivity index (χ1) is 17.7. The normalized spacial score (nSPS) is 25.4. The summed E-state index contributed by atoms with van der Waals surface area (Å²) in [6, 6.07) is 9.16. The molecule has 1 spiro atoms. The second kappa shape index (κ2) is 10.4. The fraction of sp³-hybridized carbons (Fsp3) is 0.483. The predicted octanol–water partition coefficient (Wildman–Crippen LogP) is 3.83. The third kappa shape index (κ3) is 5.36. The number of nitrogen functional groups attached to an aromatic ring is 1. The second-order valence-corrected chi connectivity index (χ2v) is 10.9. The van der Waals surface area contributed by atoms with Gasteiger partial charge in [0.2, 0.25) is 5.91 Å². The van der Waals surface area contributed by atoms with E-state index in [0.29, 0.717) is 37.7 Å². The summed E-state index contributed by atoms with van der Waals surface area (Å²) in [5, 5.41) is 11.0. The molecule has 6 nitrogen and oxygen atoms in total. The zero-order valence-corrected chi connectivity index (χ0v) is 21.2. The largest absolute Gasteiger partial charge is 0.492 e. The lowest BCUT2D eigenvalue weighted by Gasteiger charge is -2.45. The Balaban J connectivity index is 1.11. The average molecular weight is 512 g/mol. The highest BCUT2D eigenvalue weighted by Gasteiger charge is 2.48. The third-order valence-corrected chi connectivity index (χ3v) is 8.52. The van der Waals surface area contributed by atoms with Crippen LogP contribution >= 0.6 is 0 Å². The number of carbonyl (C=O) groups excluding carboxylic acids is 1. The minimum atomic E-state index is -0.674. The smallest absolute Gasteiger partial charge is 0.246 e. The molecule has 2 aromatic carbocycles. The Bertz CT molecular complexity index is 1160. The Morgan fingerprint density at radius 2 is 1.92 bits per heavy atom. The van der Waals surface area contributed by atoms with Gasteiger partial charge in [0.05, 0.1) is 12.7 Å². The summed E-state index contributed by atoms with van der Waals surface area (Å²) in [7, 11) is 0. The summed E-state index contributed by atoms with van der Waals surface area (Å²) in [4.78, 5) is 16.6. The summed E-state index contributed by atoms with van der Waals surface area (Å²) in [5.74, 6) is -0.113. The van der Waals surface area contributed by atoms with Gasteiger partial charge in [0.15, 0.2) is 0 Å². The van der Waals surface area contributed by atoms with E-state index in [1.165, 1.54) is 29.8 Å². The fourth-order valence-corrected chi connectivity index (χ4v) is 6.25. The highest BCUT2D eigenvalue weighted by atomic mass is 19.1. The lowest BCUT2D eigenvalue weighted by Crippen LogP contribution is -2.52. The lowest BCUT2D eigenvalue weighted by molar-refractivity contribution is -0.128. The number of hydrogen-bond acceptors (Lipinski definition) is 5. The van der Waals surface area contributed by atoms with Crippen LogP contribution in [0.4, 0.5) is 14.5 Å². The molecule has 2 aromatic rings. The van der Waals surface area contributed by atoms with Crippen molar-refractivity contribution in [1.29, 1.82) is 0 Å². The number of fused-ring (bicyclic) bond motifs is 2. The van der Waals surface area contributed by atoms with Crippen LogP contribution in [0.2, 0.25) is 0 Å². The number of halogens is 2. The first-order valence-corrected chi connectivity index (χ1v) is 13.1. The molecule has 0 radical (unpaired) electrons. The van der Waals surface area contributed by atoms with Gasteiger partial charge in [0.25, 0.3) is 0 Å². The number of likely N-dealkylation sites (tertiary alicyclic amines) is 2. The summed E-state index contributed by atoms with van der Waals surface area (Å²) in [6.45, 7) is 6.48. The minimum absolute atomic E-state index is 0.000985. The molecule has 2 unspecified atom stereocenters. The maximum absolute atomic E-state index is 13.4. The zero-order valence-electron chi connectivity index (χ0n) is 21.2. The number of carbonyl (C=O) groups is 1. The number of nitrogens with zero attached hydrogens (tertiary/aromatic N) is 2. The number of amides is 1. The summed E-state index contributed by atoms with van der Waals surface area (Å²) < 4.78 is 32.7. The number of ether oxygens (including phenoxy) is 1. The van der Waals surface area contributed by atoms with E-state index in [4.69, 9.17) is 10.5 Å². The van der Waals surface area contributed by atoms with Crippen LogP contribution in [0.1, 0.15) is 37.3 Å². The van der Waals surface area contributed by atoms with Crippen LogP contribution in [0.3, 0.4) is 0 Å². The molecule has 37 heavy (non-hydrogen) atoms. The summed E-state index contributed by atoms with van der Waals surface area (Å²) >= 11 is 0. The van der Waals surface area contributed by atoms with Gasteiger partial charge < -0.3 is 25.4 Å². The van der Waals surface area contributed by atoms with Gasteiger partial charge in [-0.25, -0.2) is 8.78 Å². The zero-order chi connectivity index (χ0) is 26.2. The molecular formula is C29H35F2N3O3. The second-order valence-electron chi connectivity index (χ2n) is 10.9. The van der Waals surface area contributed by atoms with Crippen molar-refractivity contribution >= 4 is 17.7 Å². The van der Waals surface area contributed by atoms with Gasteiger partial charge in [-0.15, -0.1) is 0 Å². The average Bonchev–Trinajstić information content (AvgIpc) is 3.23. The van der Waals surface area contributed by atoms with Crippen LogP contribution in [0, 0.1) is 23.5 Å². The molecule has 3 N–H and O–H groups in total.